The maximum absolute atomic E-state index is 12.8. The van der Waals surface area contributed by atoms with Crippen LogP contribution in [0.1, 0.15) is 53.4 Å². The maximum atomic E-state index is 12.8. The molecule has 6 nitrogen and oxygen atoms in total. The van der Waals surface area contributed by atoms with Crippen molar-refractivity contribution in [2.75, 3.05) is 32.5 Å². The zero-order chi connectivity index (χ0) is 17.7. The lowest BCUT2D eigenvalue weighted by molar-refractivity contribution is -0.128. The molecule has 134 valence electrons. The van der Waals surface area contributed by atoms with Gasteiger partial charge in [-0.05, 0) is 18.8 Å². The van der Waals surface area contributed by atoms with E-state index in [9.17, 15) is 9.36 Å². The first-order chi connectivity index (χ1) is 10.9. The van der Waals surface area contributed by atoms with Crippen LogP contribution in [0.15, 0.2) is 0 Å². The van der Waals surface area contributed by atoms with Crippen molar-refractivity contribution in [3.05, 3.63) is 0 Å². The van der Waals surface area contributed by atoms with Gasteiger partial charge in [-0.1, -0.05) is 40.5 Å². The summed E-state index contributed by atoms with van der Waals surface area (Å²) < 4.78 is 23.6. The molecule has 0 heterocycles. The van der Waals surface area contributed by atoms with Gasteiger partial charge in [-0.25, -0.2) is 0 Å². The molecule has 23 heavy (non-hydrogen) atoms. The first-order valence-corrected chi connectivity index (χ1v) is 10.1. The van der Waals surface area contributed by atoms with Crippen molar-refractivity contribution in [2.24, 2.45) is 5.92 Å². The molecule has 0 saturated heterocycles. The van der Waals surface area contributed by atoms with Crippen molar-refractivity contribution in [2.45, 2.75) is 53.4 Å². The van der Waals surface area contributed by atoms with E-state index in [1.54, 1.807) is 0 Å². The summed E-state index contributed by atoms with van der Waals surface area (Å²) in [4.78, 5) is 13.8. The third kappa shape index (κ3) is 10.5. The second-order valence-electron chi connectivity index (χ2n) is 5.97. The standard InChI is InChI=1S/C16H31N2O4P/c1-5-7-11-21-23(20,22-12-8-6-2)14-16(19)18(10-9-17)13-15(3)4/h15H,5-8,10-14H2,1-4H3. The number of unbranched alkanes of at least 4 members (excludes halogenated alkanes) is 2. The molecule has 0 atom stereocenters. The van der Waals surface area contributed by atoms with Crippen LogP contribution in [0.4, 0.5) is 0 Å². The largest absolute Gasteiger partial charge is 0.340 e. The molecule has 1 amide bonds. The Kier molecular flexibility index (Phi) is 12.0. The van der Waals surface area contributed by atoms with Gasteiger partial charge in [-0.15, -0.1) is 0 Å². The molecule has 0 aromatic heterocycles. The molecule has 0 radical (unpaired) electrons. The van der Waals surface area contributed by atoms with Gasteiger partial charge >= 0.3 is 7.60 Å². The lowest BCUT2D eigenvalue weighted by Crippen LogP contribution is -2.36. The molecule has 0 spiro atoms. The fraction of sp³-hybridized carbons (Fsp3) is 0.875. The summed E-state index contributed by atoms with van der Waals surface area (Å²) in [6.45, 7) is 9.02. The van der Waals surface area contributed by atoms with E-state index in [1.165, 1.54) is 4.90 Å². The Bertz CT molecular complexity index is 407. The Morgan fingerprint density at radius 2 is 1.70 bits per heavy atom. The molecule has 7 heteroatoms. The molecule has 0 saturated carbocycles. The maximum Gasteiger partial charge on any atom is 0.340 e. The van der Waals surface area contributed by atoms with E-state index in [4.69, 9.17) is 14.3 Å². The van der Waals surface area contributed by atoms with E-state index >= 15 is 0 Å². The molecule has 0 fully saturated rings. The van der Waals surface area contributed by atoms with Crippen LogP contribution in [0, 0.1) is 17.2 Å². The number of rotatable bonds is 13. The SMILES string of the molecule is CCCCOP(=O)(CC(=O)N(CC#N)CC(C)C)OCCCC. The van der Waals surface area contributed by atoms with Crippen molar-refractivity contribution in [3.8, 4) is 6.07 Å². The smallest absolute Gasteiger partial charge is 0.329 e. The number of hydrogen-bond acceptors (Lipinski definition) is 5. The predicted molar refractivity (Wildman–Crippen MR) is 91.2 cm³/mol. The van der Waals surface area contributed by atoms with Crippen LogP contribution < -0.4 is 0 Å². The normalized spacial score (nSPS) is 11.5. The Balaban J connectivity index is 4.83. The zero-order valence-corrected chi connectivity index (χ0v) is 15.8. The van der Waals surface area contributed by atoms with Gasteiger partial charge in [0.25, 0.3) is 0 Å². The highest BCUT2D eigenvalue weighted by Crippen LogP contribution is 2.48. The lowest BCUT2D eigenvalue weighted by Gasteiger charge is -2.24. The molecule has 0 aliphatic rings. The van der Waals surface area contributed by atoms with E-state index in [1.807, 2.05) is 33.8 Å². The number of carbonyl (C=O) groups excluding carboxylic acids is 1. The highest BCUT2D eigenvalue weighted by Gasteiger charge is 2.31. The fourth-order valence-corrected chi connectivity index (χ4v) is 3.47. The van der Waals surface area contributed by atoms with Gasteiger partial charge in [-0.3, -0.25) is 9.36 Å². The lowest BCUT2D eigenvalue weighted by atomic mass is 10.2. The first-order valence-electron chi connectivity index (χ1n) is 8.41. The second-order valence-corrected chi connectivity index (χ2v) is 8.02. The summed E-state index contributed by atoms with van der Waals surface area (Å²) in [5.74, 6) is -0.120. The van der Waals surface area contributed by atoms with Gasteiger partial charge < -0.3 is 13.9 Å². The number of hydrogen-bond donors (Lipinski definition) is 0. The first kappa shape index (κ1) is 22.1. The molecule has 0 bridgehead atoms. The van der Waals surface area contributed by atoms with Crippen molar-refractivity contribution < 1.29 is 18.4 Å². The number of amides is 1. The number of nitrogens with zero attached hydrogens (tertiary/aromatic N) is 2. The number of nitriles is 1. The number of carbonyl (C=O) groups is 1. The third-order valence-electron chi connectivity index (χ3n) is 3.10. The Morgan fingerprint density at radius 3 is 2.09 bits per heavy atom. The fourth-order valence-electron chi connectivity index (χ4n) is 1.87. The minimum Gasteiger partial charge on any atom is -0.329 e. The topological polar surface area (TPSA) is 79.6 Å². The van der Waals surface area contributed by atoms with E-state index in [0.717, 1.165) is 25.7 Å². The van der Waals surface area contributed by atoms with Crippen LogP contribution in [-0.2, 0) is 18.4 Å². The van der Waals surface area contributed by atoms with Gasteiger partial charge in [0.1, 0.15) is 12.7 Å². The van der Waals surface area contributed by atoms with Gasteiger partial charge in [0, 0.05) is 6.54 Å². The van der Waals surface area contributed by atoms with E-state index in [2.05, 4.69) is 0 Å². The summed E-state index contributed by atoms with van der Waals surface area (Å²) in [5.41, 5.74) is 0. The predicted octanol–water partition coefficient (Wildman–Crippen LogP) is 3.82. The summed E-state index contributed by atoms with van der Waals surface area (Å²) in [6, 6.07) is 1.98. The van der Waals surface area contributed by atoms with Crippen LogP contribution in [0.3, 0.4) is 0 Å². The van der Waals surface area contributed by atoms with Gasteiger partial charge in [0.2, 0.25) is 5.91 Å². The van der Waals surface area contributed by atoms with Crippen molar-refractivity contribution in [1.29, 1.82) is 5.26 Å². The van der Waals surface area contributed by atoms with Crippen molar-refractivity contribution in [3.63, 3.8) is 0 Å². The third-order valence-corrected chi connectivity index (χ3v) is 4.91. The van der Waals surface area contributed by atoms with Crippen LogP contribution in [0.25, 0.3) is 0 Å². The summed E-state index contributed by atoms with van der Waals surface area (Å²) in [5, 5.41) is 8.87. The molecular formula is C16H31N2O4P. The highest BCUT2D eigenvalue weighted by molar-refractivity contribution is 7.54. The monoisotopic (exact) mass is 346 g/mol. The van der Waals surface area contributed by atoms with Gasteiger partial charge in [0.05, 0.1) is 19.3 Å². The van der Waals surface area contributed by atoms with Crippen molar-refractivity contribution >= 4 is 13.5 Å². The van der Waals surface area contributed by atoms with E-state index in [-0.39, 0.29) is 24.5 Å². The minimum atomic E-state index is -3.46. The average molecular weight is 346 g/mol. The zero-order valence-electron chi connectivity index (χ0n) is 14.9. The van der Waals surface area contributed by atoms with E-state index in [0.29, 0.717) is 19.8 Å². The Morgan fingerprint density at radius 1 is 1.17 bits per heavy atom. The molecule has 0 N–H and O–H groups in total. The average Bonchev–Trinajstić information content (AvgIpc) is 2.47. The van der Waals surface area contributed by atoms with E-state index < -0.39 is 7.60 Å². The van der Waals surface area contributed by atoms with Gasteiger partial charge in [0.15, 0.2) is 0 Å². The second kappa shape index (κ2) is 12.5. The molecular weight excluding hydrogens is 315 g/mol. The van der Waals surface area contributed by atoms with Crippen LogP contribution in [-0.4, -0.2) is 43.3 Å². The minimum absolute atomic E-state index is 0.0130. The van der Waals surface area contributed by atoms with Crippen LogP contribution in [0.5, 0.6) is 0 Å². The molecule has 0 aromatic carbocycles. The molecule has 0 unspecified atom stereocenters. The van der Waals surface area contributed by atoms with Crippen LogP contribution >= 0.6 is 7.60 Å². The molecule has 0 rings (SSSR count). The van der Waals surface area contributed by atoms with Crippen molar-refractivity contribution in [1.82, 2.24) is 4.90 Å². The Hall–Kier alpha value is -0.890. The Labute approximate surface area is 140 Å². The highest BCUT2D eigenvalue weighted by atomic mass is 31.2. The molecule has 0 aliphatic heterocycles. The molecule has 0 aromatic rings. The summed E-state index contributed by atoms with van der Waals surface area (Å²) >= 11 is 0. The molecule has 0 aliphatic carbocycles. The van der Waals surface area contributed by atoms with Crippen LogP contribution in [0.2, 0.25) is 0 Å². The summed E-state index contributed by atoms with van der Waals surface area (Å²) in [6.07, 6.45) is 3.06. The quantitative estimate of drug-likeness (QED) is 0.288. The van der Waals surface area contributed by atoms with Gasteiger partial charge in [-0.2, -0.15) is 5.26 Å². The summed E-state index contributed by atoms with van der Waals surface area (Å²) in [7, 11) is -3.46.